The Labute approximate surface area is 127 Å². The van der Waals surface area contributed by atoms with E-state index >= 15 is 0 Å². The Balaban J connectivity index is 0.000000186. The first kappa shape index (κ1) is 13.6. The van der Waals surface area contributed by atoms with Crippen molar-refractivity contribution in [3.8, 4) is 11.1 Å². The lowest BCUT2D eigenvalue weighted by Crippen LogP contribution is -2.14. The fourth-order valence-electron chi connectivity index (χ4n) is 3.06. The van der Waals surface area contributed by atoms with Gasteiger partial charge in [0.05, 0.1) is 0 Å². The van der Waals surface area contributed by atoms with Gasteiger partial charge in [0.2, 0.25) is 0 Å². The van der Waals surface area contributed by atoms with E-state index in [0.29, 0.717) is 0 Å². The standard InChI is InChI=1S/C15H14.C6H6/c1-15(2)13-9-5-3-7-11(13)12-8-4-6-10-14(12)15;1-2-4-6-5-3-1/h3-10H,1-2H3;1-6H. The van der Waals surface area contributed by atoms with E-state index in [4.69, 9.17) is 0 Å². The van der Waals surface area contributed by atoms with E-state index in [2.05, 4.69) is 62.4 Å². The van der Waals surface area contributed by atoms with E-state index in [1.54, 1.807) is 0 Å². The highest BCUT2D eigenvalue weighted by atomic mass is 14.4. The molecule has 1 aliphatic carbocycles. The molecule has 0 radical (unpaired) electrons. The molecule has 3 aromatic rings. The van der Waals surface area contributed by atoms with Gasteiger partial charge in [-0.3, -0.25) is 0 Å². The molecule has 0 amide bonds. The number of hydrogen-bond acceptors (Lipinski definition) is 0. The van der Waals surface area contributed by atoms with Crippen molar-refractivity contribution in [3.05, 3.63) is 96.1 Å². The molecule has 0 saturated heterocycles. The molecule has 0 heterocycles. The highest BCUT2D eigenvalue weighted by Crippen LogP contribution is 2.47. The van der Waals surface area contributed by atoms with E-state index < -0.39 is 0 Å². The largest absolute Gasteiger partial charge is 0.0623 e. The minimum atomic E-state index is 0.160. The molecule has 21 heavy (non-hydrogen) atoms. The Morgan fingerprint density at radius 3 is 1.19 bits per heavy atom. The van der Waals surface area contributed by atoms with Gasteiger partial charge in [0, 0.05) is 5.41 Å². The van der Waals surface area contributed by atoms with E-state index in [1.165, 1.54) is 22.3 Å². The maximum absolute atomic E-state index is 2.30. The molecule has 0 aromatic heterocycles. The third-order valence-corrected chi connectivity index (χ3v) is 4.16. The molecule has 0 bridgehead atoms. The Hall–Kier alpha value is -2.34. The summed E-state index contributed by atoms with van der Waals surface area (Å²) in [6.07, 6.45) is 0. The van der Waals surface area contributed by atoms with Gasteiger partial charge in [-0.05, 0) is 22.3 Å². The van der Waals surface area contributed by atoms with Gasteiger partial charge in [-0.1, -0.05) is 98.8 Å². The van der Waals surface area contributed by atoms with Gasteiger partial charge < -0.3 is 0 Å². The minimum absolute atomic E-state index is 0.160. The summed E-state index contributed by atoms with van der Waals surface area (Å²) in [7, 11) is 0. The fraction of sp³-hybridized carbons (Fsp3) is 0.143. The number of rotatable bonds is 0. The normalized spacial score (nSPS) is 13.6. The zero-order chi connectivity index (χ0) is 14.7. The van der Waals surface area contributed by atoms with Gasteiger partial charge in [-0.25, -0.2) is 0 Å². The summed E-state index contributed by atoms with van der Waals surface area (Å²) in [5.74, 6) is 0. The molecule has 0 fully saturated rings. The Morgan fingerprint density at radius 1 is 0.476 bits per heavy atom. The van der Waals surface area contributed by atoms with Crippen LogP contribution < -0.4 is 0 Å². The molecular formula is C21H20. The van der Waals surface area contributed by atoms with Crippen molar-refractivity contribution >= 4 is 0 Å². The third-order valence-electron chi connectivity index (χ3n) is 4.16. The summed E-state index contributed by atoms with van der Waals surface area (Å²) in [5.41, 5.74) is 5.86. The van der Waals surface area contributed by atoms with Crippen LogP contribution in [0.3, 0.4) is 0 Å². The van der Waals surface area contributed by atoms with Gasteiger partial charge in [0.15, 0.2) is 0 Å². The lowest BCUT2D eigenvalue weighted by molar-refractivity contribution is 0.660. The van der Waals surface area contributed by atoms with Crippen LogP contribution in [0.2, 0.25) is 0 Å². The van der Waals surface area contributed by atoms with Crippen LogP contribution in [-0.4, -0.2) is 0 Å². The zero-order valence-electron chi connectivity index (χ0n) is 12.6. The molecule has 104 valence electrons. The molecule has 0 unspecified atom stereocenters. The summed E-state index contributed by atoms with van der Waals surface area (Å²) in [6.45, 7) is 4.61. The van der Waals surface area contributed by atoms with Crippen LogP contribution in [0.5, 0.6) is 0 Å². The topological polar surface area (TPSA) is 0 Å². The van der Waals surface area contributed by atoms with Crippen molar-refractivity contribution in [2.75, 3.05) is 0 Å². The maximum Gasteiger partial charge on any atom is 0.0158 e. The number of fused-ring (bicyclic) bond motifs is 3. The number of benzene rings is 3. The highest BCUT2D eigenvalue weighted by Gasteiger charge is 2.34. The molecule has 0 aliphatic heterocycles. The quantitative estimate of drug-likeness (QED) is 0.494. The second-order valence-corrected chi connectivity index (χ2v) is 5.87. The summed E-state index contributed by atoms with van der Waals surface area (Å²) < 4.78 is 0. The average Bonchev–Trinajstić information content (AvgIpc) is 2.79. The SMILES string of the molecule is CC1(C)c2ccccc2-c2ccccc21.c1ccccc1. The predicted octanol–water partition coefficient (Wildman–Crippen LogP) is 5.68. The van der Waals surface area contributed by atoms with Crippen LogP contribution in [0.15, 0.2) is 84.9 Å². The first-order valence-corrected chi connectivity index (χ1v) is 7.40. The second-order valence-electron chi connectivity index (χ2n) is 5.87. The molecule has 0 heteroatoms. The summed E-state index contributed by atoms with van der Waals surface area (Å²) in [6, 6.07) is 29.4. The lowest BCUT2D eigenvalue weighted by Gasteiger charge is -2.20. The zero-order valence-corrected chi connectivity index (χ0v) is 12.6. The van der Waals surface area contributed by atoms with Gasteiger partial charge in [-0.2, -0.15) is 0 Å². The molecular weight excluding hydrogens is 252 g/mol. The third kappa shape index (κ3) is 2.50. The second kappa shape index (κ2) is 5.57. The number of hydrogen-bond donors (Lipinski definition) is 0. The minimum Gasteiger partial charge on any atom is -0.0623 e. The van der Waals surface area contributed by atoms with Crippen molar-refractivity contribution in [2.45, 2.75) is 19.3 Å². The highest BCUT2D eigenvalue weighted by molar-refractivity contribution is 5.80. The van der Waals surface area contributed by atoms with Gasteiger partial charge in [0.25, 0.3) is 0 Å². The smallest absolute Gasteiger partial charge is 0.0158 e. The van der Waals surface area contributed by atoms with Crippen LogP contribution in [0.1, 0.15) is 25.0 Å². The van der Waals surface area contributed by atoms with E-state index in [9.17, 15) is 0 Å². The summed E-state index contributed by atoms with van der Waals surface area (Å²) in [4.78, 5) is 0. The van der Waals surface area contributed by atoms with Gasteiger partial charge >= 0.3 is 0 Å². The van der Waals surface area contributed by atoms with Crippen LogP contribution >= 0.6 is 0 Å². The van der Waals surface area contributed by atoms with Crippen molar-refractivity contribution in [3.63, 3.8) is 0 Å². The Morgan fingerprint density at radius 2 is 0.810 bits per heavy atom. The van der Waals surface area contributed by atoms with Crippen LogP contribution in [0.4, 0.5) is 0 Å². The summed E-state index contributed by atoms with van der Waals surface area (Å²) >= 11 is 0. The van der Waals surface area contributed by atoms with E-state index in [0.717, 1.165) is 0 Å². The Bertz CT molecular complexity index is 650. The first-order chi connectivity index (χ1) is 10.2. The predicted molar refractivity (Wildman–Crippen MR) is 90.4 cm³/mol. The molecule has 4 rings (SSSR count). The van der Waals surface area contributed by atoms with Gasteiger partial charge in [-0.15, -0.1) is 0 Å². The van der Waals surface area contributed by atoms with Crippen LogP contribution in [0, 0.1) is 0 Å². The average molecular weight is 272 g/mol. The maximum atomic E-state index is 2.30. The monoisotopic (exact) mass is 272 g/mol. The first-order valence-electron chi connectivity index (χ1n) is 7.40. The molecule has 0 spiro atoms. The van der Waals surface area contributed by atoms with Gasteiger partial charge in [0.1, 0.15) is 0 Å². The van der Waals surface area contributed by atoms with Crippen LogP contribution in [0.25, 0.3) is 11.1 Å². The molecule has 1 aliphatic rings. The van der Waals surface area contributed by atoms with E-state index in [1.807, 2.05) is 36.4 Å². The van der Waals surface area contributed by atoms with Crippen molar-refractivity contribution in [1.82, 2.24) is 0 Å². The lowest BCUT2D eigenvalue weighted by atomic mass is 9.82. The van der Waals surface area contributed by atoms with Crippen molar-refractivity contribution < 1.29 is 0 Å². The molecule has 0 atom stereocenters. The molecule has 0 nitrogen and oxygen atoms in total. The summed E-state index contributed by atoms with van der Waals surface area (Å²) in [5, 5.41) is 0. The van der Waals surface area contributed by atoms with Crippen molar-refractivity contribution in [2.24, 2.45) is 0 Å². The molecule has 0 N–H and O–H groups in total. The van der Waals surface area contributed by atoms with Crippen LogP contribution in [-0.2, 0) is 5.41 Å². The van der Waals surface area contributed by atoms with Crippen molar-refractivity contribution in [1.29, 1.82) is 0 Å². The van der Waals surface area contributed by atoms with E-state index in [-0.39, 0.29) is 5.41 Å². The molecule has 3 aromatic carbocycles. The Kier molecular flexibility index (Phi) is 3.62. The fourth-order valence-corrected chi connectivity index (χ4v) is 3.06. The molecule has 0 saturated carbocycles.